The van der Waals surface area contributed by atoms with Gasteiger partial charge in [-0.3, -0.25) is 18.4 Å². The Labute approximate surface area is 306 Å². The molecule has 22 nitrogen and oxygen atoms in total. The molecule has 2 aromatic heterocycles. The summed E-state index contributed by atoms with van der Waals surface area (Å²) in [6.45, 7) is -1.33. The number of nitrogens with zero attached hydrogens (tertiary/aromatic N) is 6. The molecule has 3 aromatic rings. The van der Waals surface area contributed by atoms with Crippen molar-refractivity contribution in [3.05, 3.63) is 48.0 Å². The first-order valence-corrected chi connectivity index (χ1v) is 19.5. The normalized spacial score (nSPS) is 29.4. The van der Waals surface area contributed by atoms with Gasteiger partial charge in [-0.25, -0.2) is 24.1 Å². The Bertz CT molecular complexity index is 2010. The van der Waals surface area contributed by atoms with Crippen LogP contribution >= 0.6 is 15.6 Å². The number of hydrogen-bond acceptors (Lipinski definition) is 18. The van der Waals surface area contributed by atoms with Crippen LogP contribution in [0.3, 0.4) is 0 Å². The zero-order chi connectivity index (χ0) is 38.8. The minimum atomic E-state index is -5.40. The predicted molar refractivity (Wildman–Crippen MR) is 182 cm³/mol. The highest BCUT2D eigenvalue weighted by atomic mass is 31.3. The molecule has 292 valence electrons. The minimum absolute atomic E-state index is 0.0277. The van der Waals surface area contributed by atoms with Gasteiger partial charge in [-0.15, -0.1) is 12.3 Å². The molecule has 1 aromatic carbocycles. The van der Waals surface area contributed by atoms with Crippen LogP contribution in [0.1, 0.15) is 41.4 Å². The van der Waals surface area contributed by atoms with Crippen LogP contribution in [0.2, 0.25) is 0 Å². The predicted octanol–water partition coefficient (Wildman–Crippen LogP) is -0.0956. The first kappa shape index (κ1) is 39.9. The zero-order valence-corrected chi connectivity index (χ0v) is 30.0. The van der Waals surface area contributed by atoms with Gasteiger partial charge in [0.15, 0.2) is 28.9 Å². The zero-order valence-electron chi connectivity index (χ0n) is 28.2. The average Bonchev–Trinajstić information content (AvgIpc) is 3.55. The molecule has 2 fully saturated rings. The largest absolute Gasteiger partial charge is 0.481 e. The van der Waals surface area contributed by atoms with Crippen molar-refractivity contribution in [3.8, 4) is 12.3 Å². The van der Waals surface area contributed by atoms with Crippen molar-refractivity contribution in [2.45, 2.75) is 80.3 Å². The van der Waals surface area contributed by atoms with Gasteiger partial charge >= 0.3 is 15.6 Å². The molecule has 0 spiro atoms. The number of terminal acetylenes is 1. The Morgan fingerprint density at radius 2 is 1.63 bits per heavy atom. The molecule has 0 saturated carbocycles. The van der Waals surface area contributed by atoms with Crippen LogP contribution in [0, 0.1) is 12.3 Å². The molecule has 9 N–H and O–H groups in total. The highest BCUT2D eigenvalue weighted by Gasteiger charge is 2.48. The Morgan fingerprint density at radius 3 is 2.30 bits per heavy atom. The van der Waals surface area contributed by atoms with Gasteiger partial charge in [0.2, 0.25) is 5.91 Å². The second kappa shape index (κ2) is 16.1. The second-order valence-corrected chi connectivity index (χ2v) is 15.8. The van der Waals surface area contributed by atoms with Crippen molar-refractivity contribution >= 4 is 38.5 Å². The number of nitrogens with one attached hydrogen (secondary N) is 1. The van der Waals surface area contributed by atoms with Crippen molar-refractivity contribution in [1.29, 1.82) is 0 Å². The molecule has 2 saturated heterocycles. The van der Waals surface area contributed by atoms with E-state index in [9.17, 15) is 44.1 Å². The van der Waals surface area contributed by atoms with Crippen molar-refractivity contribution in [2.24, 2.45) is 16.0 Å². The number of rotatable bonds is 18. The van der Waals surface area contributed by atoms with Crippen molar-refractivity contribution < 1.29 is 67.0 Å². The van der Waals surface area contributed by atoms with Crippen LogP contribution in [0.25, 0.3) is 11.2 Å². The third-order valence-electron chi connectivity index (χ3n) is 8.96. The summed E-state index contributed by atoms with van der Waals surface area (Å²) in [6, 6.07) is 6.17. The third kappa shape index (κ3) is 9.18. The van der Waals surface area contributed by atoms with E-state index in [1.165, 1.54) is 29.4 Å². The van der Waals surface area contributed by atoms with Crippen LogP contribution < -0.4 is 11.1 Å². The molecule has 3 aliphatic rings. The molecule has 5 heterocycles. The number of aromatic nitrogens is 4. The summed E-state index contributed by atoms with van der Waals surface area (Å²) >= 11 is 0. The van der Waals surface area contributed by atoms with E-state index < -0.39 is 89.4 Å². The number of fused-ring (bicyclic) bond motifs is 1. The molecule has 0 radical (unpaired) electrons. The lowest BCUT2D eigenvalue weighted by Gasteiger charge is -2.20. The summed E-state index contributed by atoms with van der Waals surface area (Å²) in [5.41, 5.74) is 6.06. The van der Waals surface area contributed by atoms with Crippen LogP contribution in [0.5, 0.6) is 0 Å². The number of aliphatic hydroxyl groups is 4. The number of benzene rings is 1. The number of primary amides is 1. The molecule has 24 heteroatoms. The molecule has 4 unspecified atom stereocenters. The fourth-order valence-electron chi connectivity index (χ4n) is 6.04. The number of aliphatic hydroxyl groups excluding tert-OH is 4. The molecular weight excluding hydrogens is 758 g/mol. The molecule has 1 amide bonds. The standard InChI is InChI=1S/C30H38N8O14P2/c1-2-3-7-30(36-37-30)8-9-32-27-21-28(34-14-33-27)38(15-35-21)29-25(42)24(41)20(51-29)13-49-54(46,47)52-53(44,45)48-12-19-23(40)22(39)18(50-19)11-16-5-4-6-17(10-16)26(31)43/h1,4-6,10,14-15,18-20,22-25,29,39-42H,3,7-9,11-13H2,(H2,31,43)(H,44,45)(H,46,47)(H,32,33,34)/t18-,19+,20-,22?,23-,24?,25+,29-/m0/s1. The Morgan fingerprint density at radius 1 is 0.963 bits per heavy atom. The van der Waals surface area contributed by atoms with Gasteiger partial charge in [0.05, 0.1) is 25.6 Å². The maximum absolute atomic E-state index is 12.6. The molecule has 0 aliphatic carbocycles. The number of imidazole rings is 1. The van der Waals surface area contributed by atoms with Crippen molar-refractivity contribution in [3.63, 3.8) is 0 Å². The Balaban J connectivity index is 0.997. The number of amides is 1. The highest BCUT2D eigenvalue weighted by Crippen LogP contribution is 2.60. The van der Waals surface area contributed by atoms with Crippen LogP contribution in [-0.2, 0) is 38.4 Å². The number of ether oxygens (including phenoxy) is 2. The average molecular weight is 797 g/mol. The Hall–Kier alpha value is -3.78. The molecule has 0 bridgehead atoms. The summed E-state index contributed by atoms with van der Waals surface area (Å²) < 4.78 is 51.7. The topological polar surface area (TPSA) is 325 Å². The number of hydrogen-bond donors (Lipinski definition) is 8. The molecule has 54 heavy (non-hydrogen) atoms. The van der Waals surface area contributed by atoms with E-state index in [2.05, 4.69) is 40.7 Å². The van der Waals surface area contributed by atoms with Gasteiger partial charge in [0.1, 0.15) is 43.0 Å². The first-order valence-electron chi connectivity index (χ1n) is 16.5. The number of carbonyl (C=O) groups excluding carboxylic acids is 1. The van der Waals surface area contributed by atoms with E-state index in [0.29, 0.717) is 42.7 Å². The van der Waals surface area contributed by atoms with E-state index in [4.69, 9.17) is 30.7 Å². The van der Waals surface area contributed by atoms with Gasteiger partial charge in [-0.1, -0.05) is 12.1 Å². The van der Waals surface area contributed by atoms with Gasteiger partial charge in [0, 0.05) is 37.8 Å². The molecule has 10 atom stereocenters. The lowest BCUT2D eigenvalue weighted by atomic mass is 10.00. The van der Waals surface area contributed by atoms with E-state index in [1.54, 1.807) is 12.1 Å². The van der Waals surface area contributed by atoms with Crippen LogP contribution in [-0.4, -0.2) is 124 Å². The smallest absolute Gasteiger partial charge is 0.388 e. The lowest BCUT2D eigenvalue weighted by Crippen LogP contribution is -2.34. The summed E-state index contributed by atoms with van der Waals surface area (Å²) in [6.07, 6.45) is -1.82. The first-order chi connectivity index (χ1) is 25.6. The maximum atomic E-state index is 12.6. The third-order valence-corrected chi connectivity index (χ3v) is 11.6. The van der Waals surface area contributed by atoms with Crippen molar-refractivity contribution in [2.75, 3.05) is 25.1 Å². The monoisotopic (exact) mass is 796 g/mol. The van der Waals surface area contributed by atoms with E-state index >= 15 is 0 Å². The van der Waals surface area contributed by atoms with Gasteiger partial charge < -0.3 is 50.7 Å². The fourth-order valence-corrected chi connectivity index (χ4v) is 8.13. The van der Waals surface area contributed by atoms with Crippen LogP contribution in [0.4, 0.5) is 5.82 Å². The number of phosphoric ester groups is 2. The van der Waals surface area contributed by atoms with E-state index in [1.807, 2.05) is 0 Å². The number of carbonyl (C=O) groups is 1. The molecule has 3 aliphatic heterocycles. The molecule has 6 rings (SSSR count). The van der Waals surface area contributed by atoms with Gasteiger partial charge in [0.25, 0.3) is 0 Å². The maximum Gasteiger partial charge on any atom is 0.481 e. The fraction of sp³-hybridized carbons (Fsp3) is 0.533. The SMILES string of the molecule is C#CCCC1(CCNc2ncnc3c2ncn3[C@H]2O[C@@H](COP(=O)(O)OP(=O)(O)OC[C@H]3O[C@@H](Cc4cccc(C(N)=O)c4)C(O)[C@H]3O)C(O)[C@H]2O)N=N1. The quantitative estimate of drug-likeness (QED) is 0.0615. The number of phosphoric acid groups is 2. The highest BCUT2D eigenvalue weighted by molar-refractivity contribution is 7.61. The Kier molecular flexibility index (Phi) is 11.9. The van der Waals surface area contributed by atoms with Crippen molar-refractivity contribution in [1.82, 2.24) is 19.5 Å². The summed E-state index contributed by atoms with van der Waals surface area (Å²) in [4.78, 5) is 44.5. The summed E-state index contributed by atoms with van der Waals surface area (Å²) in [7, 11) is -10.8. The van der Waals surface area contributed by atoms with Crippen LogP contribution in [0.15, 0.2) is 47.1 Å². The summed E-state index contributed by atoms with van der Waals surface area (Å²) in [5, 5.41) is 53.7. The van der Waals surface area contributed by atoms with E-state index in [-0.39, 0.29) is 17.6 Å². The van der Waals surface area contributed by atoms with E-state index in [0.717, 1.165) is 0 Å². The minimum Gasteiger partial charge on any atom is -0.388 e. The van der Waals surface area contributed by atoms with Gasteiger partial charge in [-0.05, 0) is 17.7 Å². The summed E-state index contributed by atoms with van der Waals surface area (Å²) in [5.74, 6) is 2.26. The number of nitrogens with two attached hydrogens (primary N) is 1. The van der Waals surface area contributed by atoms with Gasteiger partial charge in [-0.2, -0.15) is 14.5 Å². The molecular formula is C30H38N8O14P2. The number of anilines is 1. The second-order valence-electron chi connectivity index (χ2n) is 12.7. The lowest BCUT2D eigenvalue weighted by molar-refractivity contribution is -0.0507.